The predicted octanol–water partition coefficient (Wildman–Crippen LogP) is 2.28. The minimum absolute atomic E-state index is 0.178. The molecule has 6 nitrogen and oxygen atoms in total. The van der Waals surface area contributed by atoms with Gasteiger partial charge in [0.05, 0.1) is 0 Å². The van der Waals surface area contributed by atoms with Gasteiger partial charge in [-0.3, -0.25) is 4.79 Å². The molecule has 1 aliphatic rings. The fourth-order valence-electron chi connectivity index (χ4n) is 2.46. The van der Waals surface area contributed by atoms with Crippen LogP contribution >= 0.6 is 0 Å². The van der Waals surface area contributed by atoms with Crippen LogP contribution in [0.15, 0.2) is 0 Å². The molecule has 1 fully saturated rings. The van der Waals surface area contributed by atoms with Crippen LogP contribution in [0.4, 0.5) is 4.79 Å². The summed E-state index contributed by atoms with van der Waals surface area (Å²) in [6.45, 7) is 6.29. The van der Waals surface area contributed by atoms with Crippen LogP contribution in [-0.2, 0) is 9.53 Å². The second-order valence-corrected chi connectivity index (χ2v) is 6.65. The molecular formula is C15H28N2O4. The standard InChI is InChI=1S/C15H28N2O4/c1-15(2,3)21-14(20)17-12-8-6-11(7-9-12)16-10-4-5-13(18)19/h11-12,16H,4-10H2,1-3H3,(H,17,20)(H,18,19). The SMILES string of the molecule is CC(C)(C)OC(=O)NC1CCC(NCCCC(=O)O)CC1. The monoisotopic (exact) mass is 300 g/mol. The molecule has 0 atom stereocenters. The van der Waals surface area contributed by atoms with Crippen molar-refractivity contribution in [2.45, 2.75) is 77.0 Å². The smallest absolute Gasteiger partial charge is 0.407 e. The van der Waals surface area contributed by atoms with Crippen LogP contribution in [0.5, 0.6) is 0 Å². The summed E-state index contributed by atoms with van der Waals surface area (Å²) in [5.74, 6) is -0.748. The van der Waals surface area contributed by atoms with Crippen molar-refractivity contribution in [3.63, 3.8) is 0 Å². The van der Waals surface area contributed by atoms with Gasteiger partial charge in [-0.2, -0.15) is 0 Å². The number of carbonyl (C=O) groups excluding carboxylic acids is 1. The third-order valence-corrected chi connectivity index (χ3v) is 3.45. The van der Waals surface area contributed by atoms with Crippen LogP contribution in [0.2, 0.25) is 0 Å². The lowest BCUT2D eigenvalue weighted by molar-refractivity contribution is -0.137. The van der Waals surface area contributed by atoms with Crippen molar-refractivity contribution in [1.82, 2.24) is 10.6 Å². The Morgan fingerprint density at radius 3 is 2.24 bits per heavy atom. The molecule has 0 aromatic carbocycles. The minimum atomic E-state index is -0.748. The van der Waals surface area contributed by atoms with E-state index in [0.29, 0.717) is 12.5 Å². The summed E-state index contributed by atoms with van der Waals surface area (Å²) in [5, 5.41) is 14.9. The average molecular weight is 300 g/mol. The first-order valence-corrected chi connectivity index (χ1v) is 7.71. The summed E-state index contributed by atoms with van der Waals surface area (Å²) in [4.78, 5) is 22.1. The molecular weight excluding hydrogens is 272 g/mol. The number of carboxylic acid groups (broad SMARTS) is 1. The Hall–Kier alpha value is -1.30. The van der Waals surface area contributed by atoms with E-state index in [1.807, 2.05) is 20.8 Å². The van der Waals surface area contributed by atoms with Crippen molar-refractivity contribution in [2.75, 3.05) is 6.54 Å². The third-order valence-electron chi connectivity index (χ3n) is 3.45. The van der Waals surface area contributed by atoms with Crippen LogP contribution < -0.4 is 10.6 Å². The lowest BCUT2D eigenvalue weighted by atomic mass is 9.91. The second-order valence-electron chi connectivity index (χ2n) is 6.65. The van der Waals surface area contributed by atoms with Crippen molar-refractivity contribution in [1.29, 1.82) is 0 Å². The second kappa shape index (κ2) is 8.22. The van der Waals surface area contributed by atoms with E-state index in [9.17, 15) is 9.59 Å². The van der Waals surface area contributed by atoms with Crippen LogP contribution in [0.25, 0.3) is 0 Å². The first-order valence-electron chi connectivity index (χ1n) is 7.71. The van der Waals surface area contributed by atoms with Gasteiger partial charge in [-0.1, -0.05) is 0 Å². The van der Waals surface area contributed by atoms with E-state index in [1.54, 1.807) is 0 Å². The first kappa shape index (κ1) is 17.8. The molecule has 0 radical (unpaired) electrons. The molecule has 1 saturated carbocycles. The minimum Gasteiger partial charge on any atom is -0.481 e. The highest BCUT2D eigenvalue weighted by molar-refractivity contribution is 5.68. The molecule has 0 aromatic rings. The van der Waals surface area contributed by atoms with Gasteiger partial charge in [0.1, 0.15) is 5.60 Å². The molecule has 3 N–H and O–H groups in total. The Labute approximate surface area is 126 Å². The number of nitrogens with one attached hydrogen (secondary N) is 2. The first-order chi connectivity index (χ1) is 9.76. The maximum absolute atomic E-state index is 11.7. The maximum Gasteiger partial charge on any atom is 0.407 e. The topological polar surface area (TPSA) is 87.7 Å². The molecule has 122 valence electrons. The lowest BCUT2D eigenvalue weighted by Crippen LogP contribution is -2.44. The quantitative estimate of drug-likeness (QED) is 0.655. The maximum atomic E-state index is 11.7. The summed E-state index contributed by atoms with van der Waals surface area (Å²) in [5.41, 5.74) is -0.465. The molecule has 6 heteroatoms. The van der Waals surface area contributed by atoms with Crippen molar-refractivity contribution >= 4 is 12.1 Å². The Morgan fingerprint density at radius 1 is 1.14 bits per heavy atom. The Bertz CT molecular complexity index is 344. The molecule has 0 heterocycles. The van der Waals surface area contributed by atoms with Gasteiger partial charge in [-0.25, -0.2) is 4.79 Å². The van der Waals surface area contributed by atoms with Crippen LogP contribution in [0.3, 0.4) is 0 Å². The van der Waals surface area contributed by atoms with Gasteiger partial charge in [-0.05, 0) is 59.4 Å². The van der Waals surface area contributed by atoms with Crippen LogP contribution in [-0.4, -0.2) is 41.4 Å². The van der Waals surface area contributed by atoms with Crippen molar-refractivity contribution < 1.29 is 19.4 Å². The predicted molar refractivity (Wildman–Crippen MR) is 80.3 cm³/mol. The number of ether oxygens (including phenoxy) is 1. The molecule has 0 bridgehead atoms. The number of hydrogen-bond acceptors (Lipinski definition) is 4. The molecule has 1 aliphatic carbocycles. The summed E-state index contributed by atoms with van der Waals surface area (Å²) in [6, 6.07) is 0.604. The van der Waals surface area contributed by atoms with E-state index in [1.165, 1.54) is 0 Å². The van der Waals surface area contributed by atoms with E-state index >= 15 is 0 Å². The zero-order valence-electron chi connectivity index (χ0n) is 13.3. The van der Waals surface area contributed by atoms with Gasteiger partial charge < -0.3 is 20.5 Å². The van der Waals surface area contributed by atoms with Crippen LogP contribution in [0.1, 0.15) is 59.3 Å². The molecule has 0 unspecified atom stereocenters. The lowest BCUT2D eigenvalue weighted by Gasteiger charge is -2.30. The third kappa shape index (κ3) is 8.55. The Balaban J connectivity index is 2.14. The number of carboxylic acids is 1. The highest BCUT2D eigenvalue weighted by Crippen LogP contribution is 2.19. The van der Waals surface area contributed by atoms with Gasteiger partial charge in [0.15, 0.2) is 0 Å². The fourth-order valence-corrected chi connectivity index (χ4v) is 2.46. The van der Waals surface area contributed by atoms with Gasteiger partial charge in [0, 0.05) is 18.5 Å². The number of hydrogen-bond donors (Lipinski definition) is 3. The Kier molecular flexibility index (Phi) is 6.95. The normalized spacial score (nSPS) is 22.6. The summed E-state index contributed by atoms with van der Waals surface area (Å²) >= 11 is 0. The summed E-state index contributed by atoms with van der Waals surface area (Å²) < 4.78 is 5.25. The highest BCUT2D eigenvalue weighted by atomic mass is 16.6. The van der Waals surface area contributed by atoms with Gasteiger partial charge >= 0.3 is 12.1 Å². The molecule has 1 amide bonds. The highest BCUT2D eigenvalue weighted by Gasteiger charge is 2.24. The number of carbonyl (C=O) groups is 2. The largest absolute Gasteiger partial charge is 0.481 e. The zero-order chi connectivity index (χ0) is 15.9. The molecule has 1 rings (SSSR count). The van der Waals surface area contributed by atoms with E-state index < -0.39 is 11.6 Å². The summed E-state index contributed by atoms with van der Waals surface area (Å²) in [7, 11) is 0. The van der Waals surface area contributed by atoms with Gasteiger partial charge in [0.2, 0.25) is 0 Å². The Morgan fingerprint density at radius 2 is 1.71 bits per heavy atom. The van der Waals surface area contributed by atoms with Crippen molar-refractivity contribution in [2.24, 2.45) is 0 Å². The van der Waals surface area contributed by atoms with E-state index in [2.05, 4.69) is 10.6 Å². The zero-order valence-corrected chi connectivity index (χ0v) is 13.3. The summed E-state index contributed by atoms with van der Waals surface area (Å²) in [6.07, 6.45) is 4.36. The number of aliphatic carboxylic acids is 1. The fraction of sp³-hybridized carbons (Fsp3) is 0.867. The number of alkyl carbamates (subject to hydrolysis) is 1. The number of amides is 1. The van der Waals surface area contributed by atoms with Gasteiger partial charge in [0.25, 0.3) is 0 Å². The number of rotatable bonds is 6. The van der Waals surface area contributed by atoms with Crippen molar-refractivity contribution in [3.05, 3.63) is 0 Å². The molecule has 0 spiro atoms. The molecule has 0 aromatic heterocycles. The van der Waals surface area contributed by atoms with Gasteiger partial charge in [-0.15, -0.1) is 0 Å². The molecule has 21 heavy (non-hydrogen) atoms. The average Bonchev–Trinajstić information content (AvgIpc) is 2.34. The van der Waals surface area contributed by atoms with Crippen molar-refractivity contribution in [3.8, 4) is 0 Å². The van der Waals surface area contributed by atoms with E-state index in [-0.39, 0.29) is 18.6 Å². The van der Waals surface area contributed by atoms with Crippen LogP contribution in [0, 0.1) is 0 Å². The molecule has 0 saturated heterocycles. The molecule has 0 aliphatic heterocycles. The van der Waals surface area contributed by atoms with E-state index in [4.69, 9.17) is 9.84 Å². The van der Waals surface area contributed by atoms with E-state index in [0.717, 1.165) is 32.2 Å².